The molecule has 0 bridgehead atoms. The molecule has 1 aromatic carbocycles. The van der Waals surface area contributed by atoms with Crippen LogP contribution in [0.4, 0.5) is 0 Å². The molecule has 2 unspecified atom stereocenters. The van der Waals surface area contributed by atoms with Crippen LogP contribution in [0.2, 0.25) is 0 Å². The van der Waals surface area contributed by atoms with E-state index in [1.54, 1.807) is 0 Å². The van der Waals surface area contributed by atoms with Crippen LogP contribution in [0.25, 0.3) is 0 Å². The van der Waals surface area contributed by atoms with Crippen molar-refractivity contribution in [3.8, 4) is 12.3 Å². The molecule has 0 saturated carbocycles. The maximum Gasteiger partial charge on any atom is 0.0294 e. The Morgan fingerprint density at radius 1 is 1.17 bits per heavy atom. The predicted octanol–water partition coefficient (Wildman–Crippen LogP) is 4.05. The highest BCUT2D eigenvalue weighted by atomic mass is 14.9. The van der Waals surface area contributed by atoms with Gasteiger partial charge in [0.25, 0.3) is 0 Å². The van der Waals surface area contributed by atoms with Gasteiger partial charge in [-0.15, -0.1) is 12.3 Å². The fraction of sp³-hybridized carbons (Fsp3) is 0.529. The molecule has 18 heavy (non-hydrogen) atoms. The minimum absolute atomic E-state index is 0.214. The van der Waals surface area contributed by atoms with Crippen molar-refractivity contribution in [2.45, 2.75) is 58.5 Å². The fourth-order valence-corrected chi connectivity index (χ4v) is 2.03. The van der Waals surface area contributed by atoms with Crippen molar-refractivity contribution in [2.75, 3.05) is 0 Å². The molecule has 0 fully saturated rings. The summed E-state index contributed by atoms with van der Waals surface area (Å²) < 4.78 is 0. The minimum atomic E-state index is 0.214. The topological polar surface area (TPSA) is 12.0 Å². The predicted molar refractivity (Wildman–Crippen MR) is 79.6 cm³/mol. The summed E-state index contributed by atoms with van der Waals surface area (Å²) in [5, 5.41) is 3.51. The summed E-state index contributed by atoms with van der Waals surface area (Å²) in [5.74, 6) is 2.69. The van der Waals surface area contributed by atoms with Crippen LogP contribution in [-0.2, 0) is 5.41 Å². The smallest absolute Gasteiger partial charge is 0.0294 e. The highest BCUT2D eigenvalue weighted by Crippen LogP contribution is 2.24. The van der Waals surface area contributed by atoms with Gasteiger partial charge in [0.2, 0.25) is 0 Å². The van der Waals surface area contributed by atoms with Gasteiger partial charge in [0.15, 0.2) is 0 Å². The molecule has 0 spiro atoms. The maximum absolute atomic E-state index is 5.32. The molecule has 98 valence electrons. The largest absolute Gasteiger partial charge is 0.307 e. The van der Waals surface area contributed by atoms with Crippen LogP contribution in [0.3, 0.4) is 0 Å². The van der Waals surface area contributed by atoms with Gasteiger partial charge in [-0.3, -0.25) is 0 Å². The Hall–Kier alpha value is -1.26. The van der Waals surface area contributed by atoms with Gasteiger partial charge in [0.1, 0.15) is 0 Å². The highest BCUT2D eigenvalue weighted by molar-refractivity contribution is 5.29. The highest BCUT2D eigenvalue weighted by Gasteiger charge is 2.14. The number of benzene rings is 1. The van der Waals surface area contributed by atoms with E-state index in [0.29, 0.717) is 12.1 Å². The second-order valence-electron chi connectivity index (χ2n) is 6.07. The summed E-state index contributed by atoms with van der Waals surface area (Å²) in [6, 6.07) is 9.55. The van der Waals surface area contributed by atoms with Crippen molar-refractivity contribution in [1.29, 1.82) is 0 Å². The van der Waals surface area contributed by atoms with Crippen molar-refractivity contribution in [3.63, 3.8) is 0 Å². The second kappa shape index (κ2) is 6.07. The van der Waals surface area contributed by atoms with Crippen molar-refractivity contribution < 1.29 is 0 Å². The lowest BCUT2D eigenvalue weighted by Gasteiger charge is -2.22. The second-order valence-corrected chi connectivity index (χ2v) is 6.07. The molecule has 1 nitrogen and oxygen atoms in total. The summed E-state index contributed by atoms with van der Waals surface area (Å²) in [6.45, 7) is 11.0. The Morgan fingerprint density at radius 3 is 2.17 bits per heavy atom. The Morgan fingerprint density at radius 2 is 1.72 bits per heavy atom. The number of hydrogen-bond acceptors (Lipinski definition) is 1. The molecule has 1 heteroatoms. The first-order valence-electron chi connectivity index (χ1n) is 6.64. The third kappa shape index (κ3) is 4.20. The molecule has 0 aliphatic rings. The Bertz CT molecular complexity index is 403. The van der Waals surface area contributed by atoms with Crippen LogP contribution in [-0.4, -0.2) is 6.04 Å². The quantitative estimate of drug-likeness (QED) is 0.787. The lowest BCUT2D eigenvalue weighted by molar-refractivity contribution is 0.486. The van der Waals surface area contributed by atoms with Gasteiger partial charge < -0.3 is 5.32 Å². The molecule has 1 aromatic rings. The SMILES string of the molecule is C#CCC(C)NC(C)c1ccc(C(C)(C)C)cc1. The average Bonchev–Trinajstić information content (AvgIpc) is 2.28. The van der Waals surface area contributed by atoms with E-state index in [1.165, 1.54) is 11.1 Å². The molecule has 0 saturated heterocycles. The summed E-state index contributed by atoms with van der Waals surface area (Å²) in [7, 11) is 0. The van der Waals surface area contributed by atoms with Crippen molar-refractivity contribution >= 4 is 0 Å². The fourth-order valence-electron chi connectivity index (χ4n) is 2.03. The number of terminal acetylenes is 1. The summed E-state index contributed by atoms with van der Waals surface area (Å²) >= 11 is 0. The van der Waals surface area contributed by atoms with Gasteiger partial charge in [-0.2, -0.15) is 0 Å². The number of rotatable bonds is 4. The zero-order valence-electron chi connectivity index (χ0n) is 12.2. The summed E-state index contributed by atoms with van der Waals surface area (Å²) in [6.07, 6.45) is 6.09. The average molecular weight is 243 g/mol. The molecule has 0 heterocycles. The van der Waals surface area contributed by atoms with Crippen LogP contribution in [0.1, 0.15) is 58.2 Å². The molecule has 1 rings (SSSR count). The van der Waals surface area contributed by atoms with E-state index in [9.17, 15) is 0 Å². The lowest BCUT2D eigenvalue weighted by Crippen LogP contribution is -2.28. The van der Waals surface area contributed by atoms with Gasteiger partial charge in [0, 0.05) is 18.5 Å². The lowest BCUT2D eigenvalue weighted by atomic mass is 9.86. The van der Waals surface area contributed by atoms with Crippen LogP contribution in [0.5, 0.6) is 0 Å². The molecule has 1 N–H and O–H groups in total. The maximum atomic E-state index is 5.32. The number of nitrogens with one attached hydrogen (secondary N) is 1. The van der Waals surface area contributed by atoms with E-state index < -0.39 is 0 Å². The third-order valence-electron chi connectivity index (χ3n) is 3.24. The van der Waals surface area contributed by atoms with E-state index in [2.05, 4.69) is 70.1 Å². The van der Waals surface area contributed by atoms with Crippen LogP contribution >= 0.6 is 0 Å². The van der Waals surface area contributed by atoms with Gasteiger partial charge in [0.05, 0.1) is 0 Å². The van der Waals surface area contributed by atoms with Gasteiger partial charge in [-0.25, -0.2) is 0 Å². The van der Waals surface area contributed by atoms with Crippen LogP contribution in [0.15, 0.2) is 24.3 Å². The Kier molecular flexibility index (Phi) is 4.99. The monoisotopic (exact) mass is 243 g/mol. The first-order valence-corrected chi connectivity index (χ1v) is 6.64. The van der Waals surface area contributed by atoms with E-state index in [1.807, 2.05) is 0 Å². The molecule has 0 aliphatic carbocycles. The zero-order chi connectivity index (χ0) is 13.8. The minimum Gasteiger partial charge on any atom is -0.307 e. The first kappa shape index (κ1) is 14.8. The van der Waals surface area contributed by atoms with E-state index in [-0.39, 0.29) is 5.41 Å². The molecule has 0 radical (unpaired) electrons. The van der Waals surface area contributed by atoms with E-state index in [4.69, 9.17) is 6.42 Å². The molecular weight excluding hydrogens is 218 g/mol. The van der Waals surface area contributed by atoms with Gasteiger partial charge in [-0.1, -0.05) is 45.0 Å². The van der Waals surface area contributed by atoms with Crippen LogP contribution in [0, 0.1) is 12.3 Å². The zero-order valence-corrected chi connectivity index (χ0v) is 12.2. The van der Waals surface area contributed by atoms with Crippen molar-refractivity contribution in [3.05, 3.63) is 35.4 Å². The molecular formula is C17H25N. The summed E-state index contributed by atoms with van der Waals surface area (Å²) in [5.41, 5.74) is 2.90. The Labute approximate surface area is 112 Å². The van der Waals surface area contributed by atoms with Crippen molar-refractivity contribution in [1.82, 2.24) is 5.32 Å². The molecule has 2 atom stereocenters. The Balaban J connectivity index is 2.71. The molecule has 0 aliphatic heterocycles. The van der Waals surface area contributed by atoms with Crippen LogP contribution < -0.4 is 5.32 Å². The van der Waals surface area contributed by atoms with Crippen molar-refractivity contribution in [2.24, 2.45) is 0 Å². The van der Waals surface area contributed by atoms with Gasteiger partial charge in [-0.05, 0) is 30.4 Å². The van der Waals surface area contributed by atoms with Gasteiger partial charge >= 0.3 is 0 Å². The molecule has 0 amide bonds. The standard InChI is InChI=1S/C17H25N/c1-7-8-13(2)18-14(3)15-9-11-16(12-10-15)17(4,5)6/h1,9-14,18H,8H2,2-6H3. The number of hydrogen-bond donors (Lipinski definition) is 1. The third-order valence-corrected chi connectivity index (χ3v) is 3.24. The molecule has 0 aromatic heterocycles. The van der Waals surface area contributed by atoms with E-state index >= 15 is 0 Å². The van der Waals surface area contributed by atoms with E-state index in [0.717, 1.165) is 6.42 Å². The first-order chi connectivity index (χ1) is 8.34. The normalized spacial score (nSPS) is 14.9. The summed E-state index contributed by atoms with van der Waals surface area (Å²) in [4.78, 5) is 0.